The summed E-state index contributed by atoms with van der Waals surface area (Å²) in [6.45, 7) is 2.63. The molecule has 2 unspecified atom stereocenters. The molecule has 0 bridgehead atoms. The number of ether oxygens (including phenoxy) is 2. The third-order valence-corrected chi connectivity index (χ3v) is 8.33. The van der Waals surface area contributed by atoms with Crippen LogP contribution < -0.4 is 9.47 Å². The van der Waals surface area contributed by atoms with Crippen LogP contribution in [0.4, 0.5) is 13.2 Å². The number of nitrogens with zero attached hydrogens (tertiary/aromatic N) is 2. The van der Waals surface area contributed by atoms with Crippen molar-refractivity contribution in [3.8, 4) is 33.9 Å². The van der Waals surface area contributed by atoms with Crippen molar-refractivity contribution in [1.29, 1.82) is 0 Å². The standard InChI is InChI=1S/C33H31F3N2O4/c1-19-15-29(38(2)37-19)21-3-5-22(6-4-21)32-27-9-7-20(25(27)11-12-28(32)33(34,35)36)13-14-41-24-8-10-26-23(16-31(39)40)18-42-30(26)17-24/h3-6,8,10-12,15,17,20,23H,7,9,13-14,16,18H2,1-2H3,(H,39,40). The van der Waals surface area contributed by atoms with Crippen molar-refractivity contribution in [3.63, 3.8) is 0 Å². The van der Waals surface area contributed by atoms with E-state index >= 15 is 0 Å². The summed E-state index contributed by atoms with van der Waals surface area (Å²) in [5.74, 6) is 0.311. The molecule has 42 heavy (non-hydrogen) atoms. The van der Waals surface area contributed by atoms with E-state index in [1.54, 1.807) is 28.9 Å². The Hall–Kier alpha value is -4.27. The molecule has 0 amide bonds. The molecule has 1 N–H and O–H groups in total. The molecule has 2 aliphatic rings. The number of halogens is 3. The highest BCUT2D eigenvalue weighted by atomic mass is 19.4. The number of aromatic nitrogens is 2. The Morgan fingerprint density at radius 3 is 2.48 bits per heavy atom. The first-order chi connectivity index (χ1) is 20.1. The van der Waals surface area contributed by atoms with Crippen molar-refractivity contribution in [1.82, 2.24) is 9.78 Å². The van der Waals surface area contributed by atoms with Gasteiger partial charge >= 0.3 is 12.1 Å². The molecule has 218 valence electrons. The molecule has 9 heteroatoms. The Labute approximate surface area is 241 Å². The molecule has 3 aromatic carbocycles. The minimum atomic E-state index is -4.47. The van der Waals surface area contributed by atoms with Gasteiger partial charge in [-0.25, -0.2) is 0 Å². The lowest BCUT2D eigenvalue weighted by atomic mass is 9.89. The van der Waals surface area contributed by atoms with Crippen LogP contribution in [0.25, 0.3) is 22.4 Å². The van der Waals surface area contributed by atoms with Crippen LogP contribution in [0.3, 0.4) is 0 Å². The highest BCUT2D eigenvalue weighted by Crippen LogP contribution is 2.47. The van der Waals surface area contributed by atoms with Gasteiger partial charge in [-0.2, -0.15) is 18.3 Å². The zero-order valence-electron chi connectivity index (χ0n) is 23.4. The molecular formula is C33H31F3N2O4. The number of fused-ring (bicyclic) bond motifs is 2. The quantitative estimate of drug-likeness (QED) is 0.235. The Morgan fingerprint density at radius 1 is 1.05 bits per heavy atom. The molecule has 0 saturated heterocycles. The van der Waals surface area contributed by atoms with E-state index < -0.39 is 17.7 Å². The number of carboxylic acids is 1. The zero-order chi connectivity index (χ0) is 29.6. The largest absolute Gasteiger partial charge is 0.493 e. The summed E-state index contributed by atoms with van der Waals surface area (Å²) in [5, 5.41) is 13.5. The van der Waals surface area contributed by atoms with E-state index in [1.165, 1.54) is 6.07 Å². The zero-order valence-corrected chi connectivity index (χ0v) is 23.4. The Kier molecular flexibility index (Phi) is 7.20. The smallest absolute Gasteiger partial charge is 0.417 e. The van der Waals surface area contributed by atoms with Gasteiger partial charge in [-0.05, 0) is 78.1 Å². The number of alkyl halides is 3. The van der Waals surface area contributed by atoms with Crippen LogP contribution in [0.15, 0.2) is 60.7 Å². The fraction of sp³-hybridized carbons (Fsp3) is 0.333. The van der Waals surface area contributed by atoms with Gasteiger partial charge in [-0.15, -0.1) is 0 Å². The monoisotopic (exact) mass is 576 g/mol. The third-order valence-electron chi connectivity index (χ3n) is 8.33. The van der Waals surface area contributed by atoms with Crippen LogP contribution in [-0.2, 0) is 24.4 Å². The molecule has 2 atom stereocenters. The predicted molar refractivity (Wildman–Crippen MR) is 152 cm³/mol. The molecule has 6 nitrogen and oxygen atoms in total. The minimum Gasteiger partial charge on any atom is -0.493 e. The average Bonchev–Trinajstić information content (AvgIpc) is 3.64. The number of hydrogen-bond donors (Lipinski definition) is 1. The summed E-state index contributed by atoms with van der Waals surface area (Å²) in [5.41, 5.74) is 5.46. The topological polar surface area (TPSA) is 73.6 Å². The second kappa shape index (κ2) is 10.9. The molecule has 0 fully saturated rings. The fourth-order valence-electron chi connectivity index (χ4n) is 6.39. The number of carbonyl (C=O) groups is 1. The van der Waals surface area contributed by atoms with Crippen molar-refractivity contribution in [3.05, 3.63) is 88.6 Å². The molecular weight excluding hydrogens is 545 g/mol. The van der Waals surface area contributed by atoms with Crippen molar-refractivity contribution in [2.24, 2.45) is 7.05 Å². The average molecular weight is 577 g/mol. The molecule has 0 radical (unpaired) electrons. The maximum absolute atomic E-state index is 14.2. The predicted octanol–water partition coefficient (Wildman–Crippen LogP) is 7.53. The number of aliphatic carboxylic acids is 1. The van der Waals surface area contributed by atoms with Gasteiger partial charge in [-0.1, -0.05) is 36.4 Å². The highest BCUT2D eigenvalue weighted by molar-refractivity contribution is 5.76. The second-order valence-electron chi connectivity index (χ2n) is 11.1. The van der Waals surface area contributed by atoms with Crippen molar-refractivity contribution in [2.75, 3.05) is 13.2 Å². The van der Waals surface area contributed by atoms with Crippen LogP contribution in [0.5, 0.6) is 11.5 Å². The Balaban J connectivity index is 1.20. The van der Waals surface area contributed by atoms with E-state index in [-0.39, 0.29) is 23.8 Å². The van der Waals surface area contributed by atoms with Crippen LogP contribution in [0.1, 0.15) is 59.0 Å². The molecule has 1 aliphatic carbocycles. The van der Waals surface area contributed by atoms with Crippen LogP contribution in [-0.4, -0.2) is 34.1 Å². The van der Waals surface area contributed by atoms with Gasteiger partial charge in [-0.3, -0.25) is 9.48 Å². The van der Waals surface area contributed by atoms with Gasteiger partial charge in [0, 0.05) is 24.6 Å². The summed E-state index contributed by atoms with van der Waals surface area (Å²) in [6, 6.07) is 17.5. The normalized spacial score (nSPS) is 17.5. The van der Waals surface area contributed by atoms with E-state index in [4.69, 9.17) is 14.6 Å². The maximum Gasteiger partial charge on any atom is 0.417 e. The van der Waals surface area contributed by atoms with E-state index in [0.717, 1.165) is 40.1 Å². The van der Waals surface area contributed by atoms with E-state index in [1.807, 2.05) is 44.3 Å². The first-order valence-electron chi connectivity index (χ1n) is 14.0. The fourth-order valence-corrected chi connectivity index (χ4v) is 6.39. The van der Waals surface area contributed by atoms with Crippen molar-refractivity contribution in [2.45, 2.75) is 50.6 Å². The van der Waals surface area contributed by atoms with E-state index in [9.17, 15) is 18.0 Å². The summed E-state index contributed by atoms with van der Waals surface area (Å²) in [4.78, 5) is 11.1. The third kappa shape index (κ3) is 5.35. The lowest BCUT2D eigenvalue weighted by Crippen LogP contribution is -2.10. The molecule has 0 saturated carbocycles. The van der Waals surface area contributed by atoms with Crippen molar-refractivity contribution >= 4 is 5.97 Å². The lowest BCUT2D eigenvalue weighted by Gasteiger charge is -2.19. The minimum absolute atomic E-state index is 0.0144. The van der Waals surface area contributed by atoms with Crippen LogP contribution in [0, 0.1) is 6.92 Å². The number of carboxylic acid groups (broad SMARTS) is 1. The van der Waals surface area contributed by atoms with Gasteiger partial charge in [0.15, 0.2) is 0 Å². The van der Waals surface area contributed by atoms with E-state index in [0.29, 0.717) is 43.1 Å². The van der Waals surface area contributed by atoms with Crippen LogP contribution >= 0.6 is 0 Å². The molecule has 6 rings (SSSR count). The van der Waals surface area contributed by atoms with Gasteiger partial charge in [0.2, 0.25) is 0 Å². The summed E-state index contributed by atoms with van der Waals surface area (Å²) in [7, 11) is 1.85. The molecule has 2 heterocycles. The number of benzene rings is 3. The first-order valence-corrected chi connectivity index (χ1v) is 14.0. The number of rotatable bonds is 8. The molecule has 4 aromatic rings. The van der Waals surface area contributed by atoms with Gasteiger partial charge in [0.05, 0.1) is 36.6 Å². The van der Waals surface area contributed by atoms with Gasteiger partial charge < -0.3 is 14.6 Å². The first kappa shape index (κ1) is 27.9. The molecule has 0 spiro atoms. The van der Waals surface area contributed by atoms with Gasteiger partial charge in [0.1, 0.15) is 11.5 Å². The number of hydrogen-bond acceptors (Lipinski definition) is 4. The Bertz CT molecular complexity index is 1640. The Morgan fingerprint density at radius 2 is 1.79 bits per heavy atom. The summed E-state index contributed by atoms with van der Waals surface area (Å²) in [6.07, 6.45) is -2.47. The molecule has 1 aromatic heterocycles. The van der Waals surface area contributed by atoms with Crippen LogP contribution in [0.2, 0.25) is 0 Å². The number of aryl methyl sites for hydroxylation is 2. The SMILES string of the molecule is Cc1cc(-c2ccc(-c3c(C(F)(F)F)ccc4c3CCC4CCOc3ccc4c(c3)OCC4CC(=O)O)cc2)n(C)n1. The van der Waals surface area contributed by atoms with Gasteiger partial charge in [0.25, 0.3) is 0 Å². The molecule has 1 aliphatic heterocycles. The highest BCUT2D eigenvalue weighted by Gasteiger charge is 2.37. The second-order valence-corrected chi connectivity index (χ2v) is 11.1. The van der Waals surface area contributed by atoms with Crippen molar-refractivity contribution < 1.29 is 32.5 Å². The summed E-state index contributed by atoms with van der Waals surface area (Å²) < 4.78 is 56.0. The lowest BCUT2D eigenvalue weighted by molar-refractivity contribution is -0.138. The summed E-state index contributed by atoms with van der Waals surface area (Å²) >= 11 is 0. The van der Waals surface area contributed by atoms with E-state index in [2.05, 4.69) is 5.10 Å². The maximum atomic E-state index is 14.2.